The zero-order chi connectivity index (χ0) is 13.9. The van der Waals surface area contributed by atoms with Crippen LogP contribution in [0.4, 0.5) is 0 Å². The lowest BCUT2D eigenvalue weighted by Gasteiger charge is -2.06. The monoisotopic (exact) mass is 337 g/mol. The van der Waals surface area contributed by atoms with Crippen molar-refractivity contribution >= 4 is 44.3 Å². The summed E-state index contributed by atoms with van der Waals surface area (Å²) in [4.78, 5) is 1.64. The van der Waals surface area contributed by atoms with E-state index in [9.17, 15) is 8.42 Å². The second-order valence-electron chi connectivity index (χ2n) is 3.72. The van der Waals surface area contributed by atoms with Crippen LogP contribution >= 0.6 is 34.3 Å². The van der Waals surface area contributed by atoms with Crippen LogP contribution in [0.1, 0.15) is 9.75 Å². The average Bonchev–Trinajstić information content (AvgIpc) is 2.97. The summed E-state index contributed by atoms with van der Waals surface area (Å²) in [7, 11) is -3.55. The fraction of sp³-hybridized carbons (Fsp3) is 0.273. The van der Waals surface area contributed by atoms with Gasteiger partial charge in [0.1, 0.15) is 0 Å². The summed E-state index contributed by atoms with van der Waals surface area (Å²) in [6, 6.07) is 5.17. The molecule has 19 heavy (non-hydrogen) atoms. The highest BCUT2D eigenvalue weighted by atomic mass is 35.5. The van der Waals surface area contributed by atoms with Gasteiger partial charge >= 0.3 is 0 Å². The van der Waals surface area contributed by atoms with E-state index in [-0.39, 0.29) is 11.5 Å². The maximum atomic E-state index is 12.0. The molecule has 0 atom stereocenters. The molecule has 104 valence electrons. The van der Waals surface area contributed by atoms with Gasteiger partial charge in [-0.15, -0.1) is 22.7 Å². The fourth-order valence-electron chi connectivity index (χ4n) is 1.56. The van der Waals surface area contributed by atoms with E-state index in [4.69, 9.17) is 16.7 Å². The first-order valence-corrected chi connectivity index (χ1v) is 9.00. The van der Waals surface area contributed by atoms with E-state index in [1.54, 1.807) is 11.4 Å². The highest BCUT2D eigenvalue weighted by Gasteiger charge is 2.18. The second kappa shape index (κ2) is 6.34. The Kier molecular flexibility index (Phi) is 4.99. The number of aliphatic hydroxyl groups excluding tert-OH is 1. The Morgan fingerprint density at radius 2 is 2.11 bits per heavy atom. The first kappa shape index (κ1) is 15.0. The molecule has 0 aliphatic rings. The second-order valence-corrected chi connectivity index (χ2v) is 8.26. The Labute approximate surface area is 124 Å². The van der Waals surface area contributed by atoms with E-state index < -0.39 is 10.0 Å². The van der Waals surface area contributed by atoms with Crippen LogP contribution in [0.3, 0.4) is 0 Å². The molecule has 2 aromatic heterocycles. The zero-order valence-electron chi connectivity index (χ0n) is 9.80. The third-order valence-electron chi connectivity index (χ3n) is 2.43. The summed E-state index contributed by atoms with van der Waals surface area (Å²) in [5.41, 5.74) is 0. The standard InChI is InChI=1S/C11H12ClNO3S3/c12-11-2-1-8(18-11)3-5-13-19(15,16)10-4-6-17-9(10)7-14/h1-2,4,6,13-14H,3,5,7H2. The molecule has 0 radical (unpaired) electrons. The van der Waals surface area contributed by atoms with Crippen LogP contribution in [0.25, 0.3) is 0 Å². The van der Waals surface area contributed by atoms with Gasteiger partial charge in [-0.2, -0.15) is 0 Å². The molecule has 0 unspecified atom stereocenters. The molecule has 4 nitrogen and oxygen atoms in total. The van der Waals surface area contributed by atoms with Gasteiger partial charge in [-0.3, -0.25) is 0 Å². The molecule has 0 amide bonds. The molecule has 2 rings (SSSR count). The number of sulfonamides is 1. The molecule has 0 saturated heterocycles. The van der Waals surface area contributed by atoms with E-state index in [2.05, 4.69) is 4.72 Å². The summed E-state index contributed by atoms with van der Waals surface area (Å²) < 4.78 is 27.3. The minimum atomic E-state index is -3.55. The van der Waals surface area contributed by atoms with Gasteiger partial charge in [0.25, 0.3) is 0 Å². The molecule has 0 fully saturated rings. The smallest absolute Gasteiger partial charge is 0.241 e. The maximum Gasteiger partial charge on any atom is 0.241 e. The van der Waals surface area contributed by atoms with Crippen LogP contribution in [0, 0.1) is 0 Å². The number of rotatable bonds is 6. The van der Waals surface area contributed by atoms with Gasteiger partial charge < -0.3 is 5.11 Å². The van der Waals surface area contributed by atoms with Crippen molar-refractivity contribution in [3.05, 3.63) is 37.7 Å². The highest BCUT2D eigenvalue weighted by Crippen LogP contribution is 2.23. The number of aliphatic hydroxyl groups is 1. The zero-order valence-corrected chi connectivity index (χ0v) is 13.0. The number of hydrogen-bond acceptors (Lipinski definition) is 5. The molecule has 0 aliphatic heterocycles. The van der Waals surface area contributed by atoms with Crippen molar-refractivity contribution < 1.29 is 13.5 Å². The third kappa shape index (κ3) is 3.77. The average molecular weight is 338 g/mol. The van der Waals surface area contributed by atoms with Crippen LogP contribution in [-0.4, -0.2) is 20.1 Å². The van der Waals surface area contributed by atoms with E-state index >= 15 is 0 Å². The molecule has 2 heterocycles. The fourth-order valence-corrected chi connectivity index (χ4v) is 4.97. The van der Waals surface area contributed by atoms with Gasteiger partial charge in [0.05, 0.1) is 15.8 Å². The quantitative estimate of drug-likeness (QED) is 0.851. The van der Waals surface area contributed by atoms with Crippen molar-refractivity contribution in [2.24, 2.45) is 0 Å². The minimum Gasteiger partial charge on any atom is -0.391 e. The summed E-state index contributed by atoms with van der Waals surface area (Å²) in [6.45, 7) is 0.0360. The summed E-state index contributed by atoms with van der Waals surface area (Å²) >= 11 is 8.46. The predicted octanol–water partition coefficient (Wildman–Crippen LogP) is 2.48. The van der Waals surface area contributed by atoms with Crippen molar-refractivity contribution in [1.29, 1.82) is 0 Å². The van der Waals surface area contributed by atoms with E-state index in [0.29, 0.717) is 22.2 Å². The van der Waals surface area contributed by atoms with Crippen molar-refractivity contribution in [1.82, 2.24) is 4.72 Å². The molecule has 0 spiro atoms. The molecular formula is C11H12ClNO3S3. The number of nitrogens with one attached hydrogen (secondary N) is 1. The summed E-state index contributed by atoms with van der Waals surface area (Å²) in [5.74, 6) is 0. The first-order valence-electron chi connectivity index (χ1n) is 5.44. The normalized spacial score (nSPS) is 11.9. The van der Waals surface area contributed by atoms with Gasteiger partial charge in [0.2, 0.25) is 10.0 Å². The maximum absolute atomic E-state index is 12.0. The van der Waals surface area contributed by atoms with Gasteiger partial charge in [-0.05, 0) is 30.0 Å². The SMILES string of the molecule is O=S(=O)(NCCc1ccc(Cl)s1)c1ccsc1CO. The van der Waals surface area contributed by atoms with E-state index in [1.807, 2.05) is 6.07 Å². The van der Waals surface area contributed by atoms with Crippen molar-refractivity contribution in [3.8, 4) is 0 Å². The predicted molar refractivity (Wildman–Crippen MR) is 78.5 cm³/mol. The topological polar surface area (TPSA) is 66.4 Å². The number of halogens is 1. The largest absolute Gasteiger partial charge is 0.391 e. The molecule has 2 N–H and O–H groups in total. The van der Waals surface area contributed by atoms with E-state index in [1.165, 1.54) is 28.7 Å². The lowest BCUT2D eigenvalue weighted by molar-refractivity contribution is 0.282. The van der Waals surface area contributed by atoms with Crippen molar-refractivity contribution in [2.75, 3.05) is 6.54 Å². The Balaban J connectivity index is 1.98. The third-order valence-corrected chi connectivity index (χ3v) is 6.30. The summed E-state index contributed by atoms with van der Waals surface area (Å²) in [6.07, 6.45) is 0.592. The highest BCUT2D eigenvalue weighted by molar-refractivity contribution is 7.89. The first-order chi connectivity index (χ1) is 9.03. The van der Waals surface area contributed by atoms with Gasteiger partial charge in [0, 0.05) is 16.3 Å². The van der Waals surface area contributed by atoms with Gasteiger partial charge in [-0.25, -0.2) is 13.1 Å². The lowest BCUT2D eigenvalue weighted by Crippen LogP contribution is -2.26. The minimum absolute atomic E-state index is 0.157. The van der Waals surface area contributed by atoms with Crippen LogP contribution in [-0.2, 0) is 23.1 Å². The number of thiophene rings is 2. The van der Waals surface area contributed by atoms with Crippen molar-refractivity contribution in [2.45, 2.75) is 17.9 Å². The van der Waals surface area contributed by atoms with Gasteiger partial charge in [-0.1, -0.05) is 11.6 Å². The Bertz CT molecular complexity index is 648. The Morgan fingerprint density at radius 1 is 1.32 bits per heavy atom. The molecule has 0 aliphatic carbocycles. The number of hydrogen-bond donors (Lipinski definition) is 2. The van der Waals surface area contributed by atoms with Crippen LogP contribution in [0.5, 0.6) is 0 Å². The van der Waals surface area contributed by atoms with E-state index in [0.717, 1.165) is 4.88 Å². The van der Waals surface area contributed by atoms with Crippen LogP contribution in [0.15, 0.2) is 28.5 Å². The molecule has 2 aromatic rings. The van der Waals surface area contributed by atoms with Crippen molar-refractivity contribution in [3.63, 3.8) is 0 Å². The molecular weight excluding hydrogens is 326 g/mol. The van der Waals surface area contributed by atoms with Gasteiger partial charge in [0.15, 0.2) is 0 Å². The molecule has 0 saturated carbocycles. The molecule has 8 heteroatoms. The van der Waals surface area contributed by atoms with Crippen LogP contribution < -0.4 is 4.72 Å². The Morgan fingerprint density at radius 3 is 2.74 bits per heavy atom. The Hall–Kier alpha value is -0.440. The molecule has 0 aromatic carbocycles. The summed E-state index contributed by atoms with van der Waals surface area (Å²) in [5, 5.41) is 10.7. The molecule has 0 bridgehead atoms. The van der Waals surface area contributed by atoms with Crippen LogP contribution in [0.2, 0.25) is 4.34 Å². The lowest BCUT2D eigenvalue weighted by atomic mass is 10.3.